The SMILES string of the molecule is NC(CO)CNc1ccc2c(c1)CC(=O)N2. The van der Waals surface area contributed by atoms with E-state index in [9.17, 15) is 4.79 Å². The Morgan fingerprint density at radius 1 is 1.56 bits per heavy atom. The Bertz CT molecular complexity index is 406. The van der Waals surface area contributed by atoms with Crippen molar-refractivity contribution in [2.45, 2.75) is 12.5 Å². The number of rotatable bonds is 4. The number of aliphatic hydroxyl groups is 1. The van der Waals surface area contributed by atoms with E-state index in [-0.39, 0.29) is 18.6 Å². The van der Waals surface area contributed by atoms with Gasteiger partial charge < -0.3 is 21.5 Å². The highest BCUT2D eigenvalue weighted by Gasteiger charge is 2.17. The van der Waals surface area contributed by atoms with Crippen molar-refractivity contribution in [3.05, 3.63) is 23.8 Å². The molecule has 0 radical (unpaired) electrons. The van der Waals surface area contributed by atoms with Crippen molar-refractivity contribution in [2.75, 3.05) is 23.8 Å². The molecule has 1 aromatic carbocycles. The minimum absolute atomic E-state index is 0.0270. The molecule has 0 fully saturated rings. The van der Waals surface area contributed by atoms with E-state index in [0.29, 0.717) is 13.0 Å². The van der Waals surface area contributed by atoms with Gasteiger partial charge in [-0.2, -0.15) is 0 Å². The summed E-state index contributed by atoms with van der Waals surface area (Å²) in [5, 5.41) is 14.7. The predicted molar refractivity (Wildman–Crippen MR) is 62.3 cm³/mol. The minimum atomic E-state index is -0.270. The van der Waals surface area contributed by atoms with Crippen LogP contribution < -0.4 is 16.4 Å². The molecule has 0 aliphatic carbocycles. The summed E-state index contributed by atoms with van der Waals surface area (Å²) in [6.45, 7) is 0.467. The maximum Gasteiger partial charge on any atom is 0.228 e. The van der Waals surface area contributed by atoms with Gasteiger partial charge in [0.05, 0.1) is 13.0 Å². The first-order chi connectivity index (χ1) is 7.69. The van der Waals surface area contributed by atoms with Crippen LogP contribution in [0.5, 0.6) is 0 Å². The van der Waals surface area contributed by atoms with Crippen molar-refractivity contribution in [3.63, 3.8) is 0 Å². The first kappa shape index (κ1) is 10.9. The predicted octanol–water partition coefficient (Wildman–Crippen LogP) is -0.0873. The molecule has 5 heteroatoms. The van der Waals surface area contributed by atoms with Crippen molar-refractivity contribution in [3.8, 4) is 0 Å². The maximum absolute atomic E-state index is 11.1. The summed E-state index contributed by atoms with van der Waals surface area (Å²) in [4.78, 5) is 11.1. The second-order valence-electron chi connectivity index (χ2n) is 3.92. The highest BCUT2D eigenvalue weighted by Crippen LogP contribution is 2.25. The van der Waals surface area contributed by atoms with Crippen LogP contribution in [-0.4, -0.2) is 30.2 Å². The van der Waals surface area contributed by atoms with E-state index in [0.717, 1.165) is 16.9 Å². The number of carbonyl (C=O) groups excluding carboxylic acids is 1. The van der Waals surface area contributed by atoms with Crippen molar-refractivity contribution in [2.24, 2.45) is 5.73 Å². The molecule has 1 heterocycles. The van der Waals surface area contributed by atoms with Gasteiger partial charge in [-0.15, -0.1) is 0 Å². The second kappa shape index (κ2) is 4.51. The van der Waals surface area contributed by atoms with Gasteiger partial charge in [0, 0.05) is 24.0 Å². The van der Waals surface area contributed by atoms with E-state index in [4.69, 9.17) is 10.8 Å². The number of nitrogens with one attached hydrogen (secondary N) is 2. The Morgan fingerprint density at radius 2 is 2.38 bits per heavy atom. The standard InChI is InChI=1S/C11H15N3O2/c12-8(6-15)5-13-9-1-2-10-7(3-9)4-11(16)14-10/h1-3,8,13,15H,4-6,12H2,(H,14,16). The number of hydrogen-bond donors (Lipinski definition) is 4. The lowest BCUT2D eigenvalue weighted by Crippen LogP contribution is -2.32. The average Bonchev–Trinajstić information content (AvgIpc) is 2.65. The number of benzene rings is 1. The second-order valence-corrected chi connectivity index (χ2v) is 3.92. The van der Waals surface area contributed by atoms with Crippen LogP contribution in [0, 0.1) is 0 Å². The van der Waals surface area contributed by atoms with Gasteiger partial charge in [0.25, 0.3) is 0 Å². The third-order valence-electron chi connectivity index (χ3n) is 2.53. The first-order valence-corrected chi connectivity index (χ1v) is 5.22. The summed E-state index contributed by atoms with van der Waals surface area (Å²) in [6, 6.07) is 5.41. The maximum atomic E-state index is 11.1. The van der Waals surface area contributed by atoms with Crippen LogP contribution in [0.3, 0.4) is 0 Å². The molecule has 1 aliphatic heterocycles. The molecule has 0 saturated heterocycles. The Balaban J connectivity index is 2.02. The quantitative estimate of drug-likeness (QED) is 0.572. The Kier molecular flexibility index (Phi) is 3.07. The first-order valence-electron chi connectivity index (χ1n) is 5.22. The molecule has 0 aromatic heterocycles. The Hall–Kier alpha value is -1.59. The van der Waals surface area contributed by atoms with Gasteiger partial charge >= 0.3 is 0 Å². The van der Waals surface area contributed by atoms with Gasteiger partial charge in [-0.25, -0.2) is 0 Å². The normalized spacial score (nSPS) is 15.5. The van der Waals surface area contributed by atoms with Crippen LogP contribution in [-0.2, 0) is 11.2 Å². The van der Waals surface area contributed by atoms with Crippen molar-refractivity contribution in [1.82, 2.24) is 0 Å². The van der Waals surface area contributed by atoms with Gasteiger partial charge in [-0.1, -0.05) is 0 Å². The monoisotopic (exact) mass is 221 g/mol. The molecular weight excluding hydrogens is 206 g/mol. The molecule has 1 unspecified atom stereocenters. The fraction of sp³-hybridized carbons (Fsp3) is 0.364. The molecule has 86 valence electrons. The largest absolute Gasteiger partial charge is 0.395 e. The third-order valence-corrected chi connectivity index (χ3v) is 2.53. The number of fused-ring (bicyclic) bond motifs is 1. The molecule has 16 heavy (non-hydrogen) atoms. The average molecular weight is 221 g/mol. The number of carbonyl (C=O) groups is 1. The van der Waals surface area contributed by atoms with E-state index in [1.54, 1.807) is 0 Å². The summed E-state index contributed by atoms with van der Waals surface area (Å²) >= 11 is 0. The molecule has 5 N–H and O–H groups in total. The lowest BCUT2D eigenvalue weighted by Gasteiger charge is -2.11. The highest BCUT2D eigenvalue weighted by atomic mass is 16.3. The van der Waals surface area contributed by atoms with Crippen LogP contribution in [0.15, 0.2) is 18.2 Å². The van der Waals surface area contributed by atoms with E-state index in [1.807, 2.05) is 18.2 Å². The molecular formula is C11H15N3O2. The van der Waals surface area contributed by atoms with E-state index >= 15 is 0 Å². The molecule has 1 aliphatic rings. The molecule has 0 bridgehead atoms. The van der Waals surface area contributed by atoms with Crippen LogP contribution in [0.4, 0.5) is 11.4 Å². The number of anilines is 2. The smallest absolute Gasteiger partial charge is 0.228 e. The molecule has 2 rings (SSSR count). The minimum Gasteiger partial charge on any atom is -0.395 e. The Morgan fingerprint density at radius 3 is 3.12 bits per heavy atom. The molecule has 1 aromatic rings. The fourth-order valence-electron chi connectivity index (χ4n) is 1.65. The number of amides is 1. The van der Waals surface area contributed by atoms with Gasteiger partial charge in [-0.3, -0.25) is 4.79 Å². The topological polar surface area (TPSA) is 87.4 Å². The van der Waals surface area contributed by atoms with Crippen molar-refractivity contribution >= 4 is 17.3 Å². The van der Waals surface area contributed by atoms with Crippen molar-refractivity contribution in [1.29, 1.82) is 0 Å². The van der Waals surface area contributed by atoms with E-state index in [1.165, 1.54) is 0 Å². The van der Waals surface area contributed by atoms with Crippen LogP contribution >= 0.6 is 0 Å². The zero-order chi connectivity index (χ0) is 11.5. The summed E-state index contributed by atoms with van der Waals surface area (Å²) in [6.07, 6.45) is 0.427. The van der Waals surface area contributed by atoms with Crippen LogP contribution in [0.1, 0.15) is 5.56 Å². The zero-order valence-electron chi connectivity index (χ0n) is 8.86. The van der Waals surface area contributed by atoms with Gasteiger partial charge in [-0.05, 0) is 23.8 Å². The van der Waals surface area contributed by atoms with E-state index < -0.39 is 0 Å². The summed E-state index contributed by atoms with van der Waals surface area (Å²) < 4.78 is 0. The molecule has 1 atom stereocenters. The van der Waals surface area contributed by atoms with Gasteiger partial charge in [0.2, 0.25) is 5.91 Å². The van der Waals surface area contributed by atoms with E-state index in [2.05, 4.69) is 10.6 Å². The summed E-state index contributed by atoms with van der Waals surface area (Å²) in [7, 11) is 0. The third kappa shape index (κ3) is 2.32. The number of aliphatic hydroxyl groups excluding tert-OH is 1. The summed E-state index contributed by atoms with van der Waals surface area (Å²) in [5.41, 5.74) is 8.36. The lowest BCUT2D eigenvalue weighted by molar-refractivity contribution is -0.115. The van der Waals surface area contributed by atoms with Gasteiger partial charge in [0.15, 0.2) is 0 Å². The fourth-order valence-corrected chi connectivity index (χ4v) is 1.65. The lowest BCUT2D eigenvalue weighted by atomic mass is 10.1. The number of nitrogens with two attached hydrogens (primary N) is 1. The van der Waals surface area contributed by atoms with Crippen LogP contribution in [0.2, 0.25) is 0 Å². The molecule has 1 amide bonds. The summed E-state index contributed by atoms with van der Waals surface area (Å²) in [5.74, 6) is 0.0270. The highest BCUT2D eigenvalue weighted by molar-refractivity contribution is 5.99. The van der Waals surface area contributed by atoms with Crippen LogP contribution in [0.25, 0.3) is 0 Å². The molecule has 0 spiro atoms. The zero-order valence-corrected chi connectivity index (χ0v) is 8.86. The Labute approximate surface area is 93.6 Å². The molecule has 0 saturated carbocycles. The molecule has 5 nitrogen and oxygen atoms in total. The van der Waals surface area contributed by atoms with Gasteiger partial charge in [0.1, 0.15) is 0 Å². The van der Waals surface area contributed by atoms with Crippen molar-refractivity contribution < 1.29 is 9.90 Å². The number of hydrogen-bond acceptors (Lipinski definition) is 4.